The molecule has 2 aromatic carbocycles. The second-order valence-corrected chi connectivity index (χ2v) is 4.91. The van der Waals surface area contributed by atoms with E-state index in [1.165, 1.54) is 12.1 Å². The minimum absolute atomic E-state index is 0.00711. The fraction of sp³-hybridized carbons (Fsp3) is 0.176. The molecular weight excluding hydrogens is 284 g/mol. The predicted octanol–water partition coefficient (Wildman–Crippen LogP) is 3.67. The first kappa shape index (κ1) is 14.3. The van der Waals surface area contributed by atoms with Crippen LogP contribution in [0.1, 0.15) is 5.56 Å². The Morgan fingerprint density at radius 1 is 1.05 bits per heavy atom. The van der Waals surface area contributed by atoms with Crippen LogP contribution < -0.4 is 4.74 Å². The zero-order valence-corrected chi connectivity index (χ0v) is 12.3. The van der Waals surface area contributed by atoms with Crippen molar-refractivity contribution in [1.82, 2.24) is 0 Å². The molecule has 3 rings (SSSR count). The number of furan rings is 1. The van der Waals surface area contributed by atoms with Gasteiger partial charge in [0.1, 0.15) is 28.6 Å². The lowest BCUT2D eigenvalue weighted by Crippen LogP contribution is -1.89. The SMILES string of the molecule is COCc1c(-c2ccc(O)cc2O)oc2cc(OC)ccc12. The van der Waals surface area contributed by atoms with Gasteiger partial charge in [0.25, 0.3) is 0 Å². The van der Waals surface area contributed by atoms with Crippen molar-refractivity contribution in [2.24, 2.45) is 0 Å². The summed E-state index contributed by atoms with van der Waals surface area (Å²) in [6.07, 6.45) is 0. The fourth-order valence-electron chi connectivity index (χ4n) is 2.47. The van der Waals surface area contributed by atoms with Crippen LogP contribution in [0.4, 0.5) is 0 Å². The Morgan fingerprint density at radius 2 is 1.86 bits per heavy atom. The van der Waals surface area contributed by atoms with Gasteiger partial charge in [0.15, 0.2) is 0 Å². The number of rotatable bonds is 4. The highest BCUT2D eigenvalue weighted by Gasteiger charge is 2.19. The van der Waals surface area contributed by atoms with Crippen LogP contribution in [-0.4, -0.2) is 24.4 Å². The normalized spacial score (nSPS) is 11.0. The minimum Gasteiger partial charge on any atom is -0.508 e. The maximum absolute atomic E-state index is 10.1. The molecule has 114 valence electrons. The highest BCUT2D eigenvalue weighted by molar-refractivity contribution is 5.89. The van der Waals surface area contributed by atoms with E-state index in [2.05, 4.69) is 0 Å². The summed E-state index contributed by atoms with van der Waals surface area (Å²) in [4.78, 5) is 0. The van der Waals surface area contributed by atoms with Crippen LogP contribution in [0.2, 0.25) is 0 Å². The highest BCUT2D eigenvalue weighted by Crippen LogP contribution is 2.40. The van der Waals surface area contributed by atoms with E-state index in [9.17, 15) is 10.2 Å². The van der Waals surface area contributed by atoms with Gasteiger partial charge < -0.3 is 24.1 Å². The second-order valence-electron chi connectivity index (χ2n) is 4.91. The van der Waals surface area contributed by atoms with Crippen molar-refractivity contribution in [3.63, 3.8) is 0 Å². The van der Waals surface area contributed by atoms with Crippen molar-refractivity contribution >= 4 is 11.0 Å². The molecule has 0 aliphatic rings. The summed E-state index contributed by atoms with van der Waals surface area (Å²) in [5.74, 6) is 1.14. The highest BCUT2D eigenvalue weighted by atomic mass is 16.5. The molecule has 0 bridgehead atoms. The number of methoxy groups -OCH3 is 2. The van der Waals surface area contributed by atoms with Crippen LogP contribution in [0, 0.1) is 0 Å². The van der Waals surface area contributed by atoms with Gasteiger partial charge in [-0.1, -0.05) is 0 Å². The van der Waals surface area contributed by atoms with Gasteiger partial charge in [0, 0.05) is 30.2 Å². The molecule has 0 radical (unpaired) electrons. The second kappa shape index (κ2) is 5.61. The van der Waals surface area contributed by atoms with Crippen LogP contribution in [-0.2, 0) is 11.3 Å². The van der Waals surface area contributed by atoms with Crippen LogP contribution in [0.15, 0.2) is 40.8 Å². The molecule has 0 spiro atoms. The van der Waals surface area contributed by atoms with Crippen molar-refractivity contribution in [2.45, 2.75) is 6.61 Å². The monoisotopic (exact) mass is 300 g/mol. The Bertz CT molecular complexity index is 819. The molecule has 0 unspecified atom stereocenters. The maximum atomic E-state index is 10.1. The standard InChI is InChI=1S/C17H16O5/c1-20-9-14-12-6-4-11(21-2)8-16(12)22-17(14)13-5-3-10(18)7-15(13)19/h3-8,18-19H,9H2,1-2H3. The molecule has 0 saturated heterocycles. The Hall–Kier alpha value is -2.66. The average Bonchev–Trinajstić information content (AvgIpc) is 2.85. The third kappa shape index (κ3) is 2.35. The molecule has 2 N–H and O–H groups in total. The number of ether oxygens (including phenoxy) is 2. The lowest BCUT2D eigenvalue weighted by atomic mass is 10.0. The quantitative estimate of drug-likeness (QED) is 0.769. The van der Waals surface area contributed by atoms with Gasteiger partial charge in [-0.15, -0.1) is 0 Å². The predicted molar refractivity (Wildman–Crippen MR) is 82.2 cm³/mol. The number of benzene rings is 2. The summed E-state index contributed by atoms with van der Waals surface area (Å²) in [6, 6.07) is 9.91. The van der Waals surface area contributed by atoms with E-state index in [0.29, 0.717) is 29.3 Å². The largest absolute Gasteiger partial charge is 0.508 e. The Morgan fingerprint density at radius 3 is 2.55 bits per heavy atom. The van der Waals surface area contributed by atoms with Crippen molar-refractivity contribution in [3.8, 4) is 28.6 Å². The van der Waals surface area contributed by atoms with Crippen LogP contribution in [0.5, 0.6) is 17.2 Å². The Labute approximate surface area is 127 Å². The minimum atomic E-state index is -0.0524. The van der Waals surface area contributed by atoms with Gasteiger partial charge in [-0.3, -0.25) is 0 Å². The molecule has 0 atom stereocenters. The number of aromatic hydroxyl groups is 2. The maximum Gasteiger partial charge on any atom is 0.144 e. The summed E-state index contributed by atoms with van der Waals surface area (Å²) >= 11 is 0. The van der Waals surface area contributed by atoms with Gasteiger partial charge >= 0.3 is 0 Å². The molecule has 5 nitrogen and oxygen atoms in total. The van der Waals surface area contributed by atoms with Gasteiger partial charge in [0.05, 0.1) is 19.3 Å². The number of fused-ring (bicyclic) bond motifs is 1. The lowest BCUT2D eigenvalue weighted by Gasteiger charge is -2.05. The fourth-order valence-corrected chi connectivity index (χ4v) is 2.47. The molecule has 3 aromatic rings. The number of hydrogen-bond donors (Lipinski definition) is 2. The number of hydrogen-bond acceptors (Lipinski definition) is 5. The number of phenols is 2. The van der Waals surface area contributed by atoms with E-state index >= 15 is 0 Å². The molecule has 0 aliphatic heterocycles. The van der Waals surface area contributed by atoms with E-state index in [0.717, 1.165) is 10.9 Å². The van der Waals surface area contributed by atoms with Crippen LogP contribution in [0.25, 0.3) is 22.3 Å². The topological polar surface area (TPSA) is 72.1 Å². The molecule has 22 heavy (non-hydrogen) atoms. The summed E-state index contributed by atoms with van der Waals surface area (Å²) in [5.41, 5.74) is 1.98. The zero-order valence-electron chi connectivity index (χ0n) is 12.3. The van der Waals surface area contributed by atoms with Crippen molar-refractivity contribution in [3.05, 3.63) is 42.0 Å². The van der Waals surface area contributed by atoms with E-state index < -0.39 is 0 Å². The molecule has 5 heteroatoms. The van der Waals surface area contributed by atoms with E-state index in [1.807, 2.05) is 12.1 Å². The summed E-state index contributed by atoms with van der Waals surface area (Å²) < 4.78 is 16.4. The van der Waals surface area contributed by atoms with Gasteiger partial charge in [-0.2, -0.15) is 0 Å². The third-order valence-electron chi connectivity index (χ3n) is 3.51. The molecule has 1 heterocycles. The van der Waals surface area contributed by atoms with E-state index in [1.54, 1.807) is 26.4 Å². The lowest BCUT2D eigenvalue weighted by molar-refractivity contribution is 0.185. The van der Waals surface area contributed by atoms with Gasteiger partial charge in [0.2, 0.25) is 0 Å². The third-order valence-corrected chi connectivity index (χ3v) is 3.51. The first-order valence-corrected chi connectivity index (χ1v) is 6.74. The smallest absolute Gasteiger partial charge is 0.144 e. The molecular formula is C17H16O5. The van der Waals surface area contributed by atoms with Crippen LogP contribution >= 0.6 is 0 Å². The van der Waals surface area contributed by atoms with Crippen molar-refractivity contribution in [2.75, 3.05) is 14.2 Å². The molecule has 0 saturated carbocycles. The van der Waals surface area contributed by atoms with E-state index in [4.69, 9.17) is 13.9 Å². The van der Waals surface area contributed by atoms with Crippen molar-refractivity contribution < 1.29 is 24.1 Å². The van der Waals surface area contributed by atoms with E-state index in [-0.39, 0.29) is 11.5 Å². The summed E-state index contributed by atoms with van der Waals surface area (Å²) in [5, 5.41) is 20.4. The molecule has 0 fully saturated rings. The summed E-state index contributed by atoms with van der Waals surface area (Å²) in [7, 11) is 3.19. The van der Waals surface area contributed by atoms with Gasteiger partial charge in [-0.05, 0) is 24.3 Å². The molecule has 0 amide bonds. The Kier molecular flexibility index (Phi) is 3.65. The molecule has 1 aromatic heterocycles. The first-order valence-electron chi connectivity index (χ1n) is 6.74. The molecule has 0 aliphatic carbocycles. The first-order chi connectivity index (χ1) is 10.6. The zero-order chi connectivity index (χ0) is 15.7. The number of phenolic OH excluding ortho intramolecular Hbond substituents is 2. The average molecular weight is 300 g/mol. The van der Waals surface area contributed by atoms with Crippen molar-refractivity contribution in [1.29, 1.82) is 0 Å². The Balaban J connectivity index is 2.25. The van der Waals surface area contributed by atoms with Crippen LogP contribution in [0.3, 0.4) is 0 Å². The summed E-state index contributed by atoms with van der Waals surface area (Å²) in [6.45, 7) is 0.342. The van der Waals surface area contributed by atoms with Gasteiger partial charge in [-0.25, -0.2) is 0 Å².